The molecule has 0 aliphatic rings. The monoisotopic (exact) mass is 223 g/mol. The number of hydrogen-bond donors (Lipinski definition) is 1. The second-order valence-corrected chi connectivity index (χ2v) is 2.97. The molecule has 0 amide bonds. The first-order chi connectivity index (χ1) is 7.63. The van der Waals surface area contributed by atoms with Crippen molar-refractivity contribution in [3.8, 4) is 5.95 Å². The van der Waals surface area contributed by atoms with Crippen molar-refractivity contribution in [3.63, 3.8) is 0 Å². The van der Waals surface area contributed by atoms with Gasteiger partial charge in [0, 0.05) is 7.05 Å². The van der Waals surface area contributed by atoms with E-state index in [0.29, 0.717) is 5.95 Å². The van der Waals surface area contributed by atoms with Crippen molar-refractivity contribution in [2.75, 3.05) is 12.8 Å². The summed E-state index contributed by atoms with van der Waals surface area (Å²) in [5.41, 5.74) is 5.85. The SMILES string of the molecule is COC(=O)c1nn(-c2nnnn2C)cc1N. The molecule has 0 fully saturated rings. The van der Waals surface area contributed by atoms with E-state index in [1.807, 2.05) is 0 Å². The van der Waals surface area contributed by atoms with Crippen molar-refractivity contribution in [1.29, 1.82) is 0 Å². The number of aromatic nitrogens is 6. The molecule has 9 nitrogen and oxygen atoms in total. The highest BCUT2D eigenvalue weighted by Crippen LogP contribution is 2.12. The zero-order valence-electron chi connectivity index (χ0n) is 8.65. The number of rotatable bonds is 2. The van der Waals surface area contributed by atoms with Gasteiger partial charge in [-0.1, -0.05) is 5.10 Å². The lowest BCUT2D eigenvalue weighted by atomic mass is 10.4. The van der Waals surface area contributed by atoms with E-state index < -0.39 is 5.97 Å². The van der Waals surface area contributed by atoms with Crippen LogP contribution in [0.3, 0.4) is 0 Å². The van der Waals surface area contributed by atoms with Gasteiger partial charge in [-0.05, 0) is 10.4 Å². The fourth-order valence-corrected chi connectivity index (χ4v) is 1.16. The molecule has 0 spiro atoms. The summed E-state index contributed by atoms with van der Waals surface area (Å²) >= 11 is 0. The Balaban J connectivity index is 2.46. The maximum atomic E-state index is 11.3. The van der Waals surface area contributed by atoms with Gasteiger partial charge in [0.1, 0.15) is 0 Å². The number of hydrogen-bond acceptors (Lipinski definition) is 7. The highest BCUT2D eigenvalue weighted by Gasteiger charge is 2.17. The van der Waals surface area contributed by atoms with Crippen molar-refractivity contribution >= 4 is 11.7 Å². The van der Waals surface area contributed by atoms with Gasteiger partial charge < -0.3 is 10.5 Å². The molecular weight excluding hydrogens is 214 g/mol. The largest absolute Gasteiger partial charge is 0.464 e. The highest BCUT2D eigenvalue weighted by molar-refractivity contribution is 5.92. The Labute approximate surface area is 89.8 Å². The Bertz CT molecular complexity index is 529. The smallest absolute Gasteiger partial charge is 0.360 e. The summed E-state index contributed by atoms with van der Waals surface area (Å²) in [5.74, 6) is -0.256. The first-order valence-electron chi connectivity index (χ1n) is 4.29. The van der Waals surface area contributed by atoms with Crippen LogP contribution in [0.4, 0.5) is 5.69 Å². The van der Waals surface area contributed by atoms with Gasteiger partial charge in [-0.25, -0.2) is 14.2 Å². The zero-order valence-corrected chi connectivity index (χ0v) is 8.65. The van der Waals surface area contributed by atoms with Gasteiger partial charge >= 0.3 is 5.97 Å². The van der Waals surface area contributed by atoms with Gasteiger partial charge in [0.05, 0.1) is 19.0 Å². The summed E-state index contributed by atoms with van der Waals surface area (Å²) in [7, 11) is 2.90. The van der Waals surface area contributed by atoms with Crippen molar-refractivity contribution < 1.29 is 9.53 Å². The van der Waals surface area contributed by atoms with Crippen LogP contribution < -0.4 is 5.73 Å². The second-order valence-electron chi connectivity index (χ2n) is 2.97. The number of esters is 1. The maximum absolute atomic E-state index is 11.3. The predicted octanol–water partition coefficient (Wildman–Crippen LogP) is -1.24. The molecule has 2 aromatic heterocycles. The van der Waals surface area contributed by atoms with Crippen LogP contribution in [-0.4, -0.2) is 43.1 Å². The van der Waals surface area contributed by atoms with Gasteiger partial charge in [-0.15, -0.1) is 0 Å². The topological polar surface area (TPSA) is 114 Å². The summed E-state index contributed by atoms with van der Waals surface area (Å²) in [5, 5.41) is 14.7. The molecule has 2 heterocycles. The Morgan fingerprint density at radius 2 is 2.31 bits per heavy atom. The molecule has 0 unspecified atom stereocenters. The minimum absolute atomic E-state index is 0.0329. The van der Waals surface area contributed by atoms with Crippen molar-refractivity contribution in [2.45, 2.75) is 0 Å². The van der Waals surface area contributed by atoms with Crippen LogP contribution in [-0.2, 0) is 11.8 Å². The fraction of sp³-hybridized carbons (Fsp3) is 0.286. The number of carbonyl (C=O) groups is 1. The van der Waals surface area contributed by atoms with Crippen LogP contribution in [0.25, 0.3) is 5.95 Å². The van der Waals surface area contributed by atoms with Crippen LogP contribution in [0.5, 0.6) is 0 Å². The second kappa shape index (κ2) is 3.61. The van der Waals surface area contributed by atoms with Crippen molar-refractivity contribution in [3.05, 3.63) is 11.9 Å². The van der Waals surface area contributed by atoms with Crippen LogP contribution in [0.15, 0.2) is 6.20 Å². The molecular formula is C7H9N7O2. The highest BCUT2D eigenvalue weighted by atomic mass is 16.5. The van der Waals surface area contributed by atoms with Gasteiger partial charge in [0.25, 0.3) is 5.95 Å². The summed E-state index contributed by atoms with van der Waals surface area (Å²) in [6.07, 6.45) is 1.44. The molecule has 0 atom stereocenters. The van der Waals surface area contributed by atoms with Gasteiger partial charge in [-0.3, -0.25) is 0 Å². The Hall–Kier alpha value is -2.45. The Kier molecular flexibility index (Phi) is 2.27. The number of nitrogens with two attached hydrogens (primary N) is 1. The summed E-state index contributed by atoms with van der Waals surface area (Å²) < 4.78 is 7.23. The summed E-state index contributed by atoms with van der Waals surface area (Å²) in [4.78, 5) is 11.3. The number of anilines is 1. The van der Waals surface area contributed by atoms with Crippen molar-refractivity contribution in [2.24, 2.45) is 7.05 Å². The molecule has 16 heavy (non-hydrogen) atoms. The predicted molar refractivity (Wildman–Crippen MR) is 51.7 cm³/mol. The van der Waals surface area contributed by atoms with E-state index >= 15 is 0 Å². The molecule has 84 valence electrons. The number of methoxy groups -OCH3 is 1. The van der Waals surface area contributed by atoms with Crippen LogP contribution in [0.1, 0.15) is 10.5 Å². The van der Waals surface area contributed by atoms with Crippen molar-refractivity contribution in [1.82, 2.24) is 30.0 Å². The van der Waals surface area contributed by atoms with Gasteiger partial charge in [0.15, 0.2) is 5.69 Å². The van der Waals surface area contributed by atoms with E-state index in [2.05, 4.69) is 25.4 Å². The first-order valence-corrected chi connectivity index (χ1v) is 4.29. The molecule has 2 aromatic rings. The molecule has 9 heteroatoms. The van der Waals surface area contributed by atoms with E-state index in [1.54, 1.807) is 7.05 Å². The molecule has 0 bridgehead atoms. The van der Waals surface area contributed by atoms with Gasteiger partial charge in [0.2, 0.25) is 0 Å². The normalized spacial score (nSPS) is 10.4. The summed E-state index contributed by atoms with van der Waals surface area (Å²) in [6.45, 7) is 0. The Morgan fingerprint density at radius 1 is 1.56 bits per heavy atom. The molecule has 0 aromatic carbocycles. The molecule has 0 aliphatic carbocycles. The zero-order chi connectivity index (χ0) is 11.7. The number of aryl methyl sites for hydroxylation is 1. The standard InChI is InChI=1S/C7H9N7O2/c1-13-7(9-11-12-13)14-3-4(8)5(10-14)6(15)16-2/h3H,8H2,1-2H3. The molecule has 2 N–H and O–H groups in total. The average Bonchev–Trinajstić information content (AvgIpc) is 2.83. The van der Waals surface area contributed by atoms with Gasteiger partial charge in [-0.2, -0.15) is 5.10 Å². The number of nitrogens with zero attached hydrogens (tertiary/aromatic N) is 6. The van der Waals surface area contributed by atoms with E-state index in [1.165, 1.54) is 22.7 Å². The molecule has 2 rings (SSSR count). The number of tetrazole rings is 1. The lowest BCUT2D eigenvalue weighted by molar-refractivity contribution is 0.0594. The Morgan fingerprint density at radius 3 is 2.88 bits per heavy atom. The lowest BCUT2D eigenvalue weighted by Gasteiger charge is -1.96. The van der Waals surface area contributed by atoms with Crippen LogP contribution in [0, 0.1) is 0 Å². The first kappa shape index (κ1) is 10.1. The average molecular weight is 223 g/mol. The van der Waals surface area contributed by atoms with E-state index in [-0.39, 0.29) is 11.4 Å². The lowest BCUT2D eigenvalue weighted by Crippen LogP contribution is -2.08. The number of ether oxygens (including phenoxy) is 1. The third-order valence-corrected chi connectivity index (χ3v) is 1.92. The molecule has 0 radical (unpaired) electrons. The number of carbonyl (C=O) groups excluding carboxylic acids is 1. The third kappa shape index (κ3) is 1.47. The molecule has 0 aliphatic heterocycles. The van der Waals surface area contributed by atoms with E-state index in [4.69, 9.17) is 5.73 Å². The van der Waals surface area contributed by atoms with Crippen LogP contribution in [0.2, 0.25) is 0 Å². The molecule has 0 saturated heterocycles. The van der Waals surface area contributed by atoms with E-state index in [9.17, 15) is 4.79 Å². The fourth-order valence-electron chi connectivity index (χ4n) is 1.16. The summed E-state index contributed by atoms with van der Waals surface area (Å²) in [6, 6.07) is 0. The molecule has 0 saturated carbocycles. The number of nitrogen functional groups attached to an aromatic ring is 1. The van der Waals surface area contributed by atoms with E-state index in [0.717, 1.165) is 0 Å². The quantitative estimate of drug-likeness (QED) is 0.633. The maximum Gasteiger partial charge on any atom is 0.360 e. The minimum atomic E-state index is -0.605. The third-order valence-electron chi connectivity index (χ3n) is 1.92. The minimum Gasteiger partial charge on any atom is -0.464 e. The van der Waals surface area contributed by atoms with Crippen LogP contribution >= 0.6 is 0 Å².